The lowest BCUT2D eigenvalue weighted by molar-refractivity contribution is 0.0404. The van der Waals surface area contributed by atoms with Crippen LogP contribution in [-0.2, 0) is 13.6 Å². The van der Waals surface area contributed by atoms with E-state index in [9.17, 15) is 0 Å². The summed E-state index contributed by atoms with van der Waals surface area (Å²) < 4.78 is 16.7. The third-order valence-corrected chi connectivity index (χ3v) is 4.28. The Labute approximate surface area is 81.4 Å². The Morgan fingerprint density at radius 3 is 2.54 bits per heavy atom. The molecule has 1 aliphatic rings. The van der Waals surface area contributed by atoms with Crippen molar-refractivity contribution in [3.05, 3.63) is 0 Å². The maximum atomic E-state index is 5.59. The zero-order chi connectivity index (χ0) is 9.52. The molecule has 5 heteroatoms. The molecule has 0 saturated carbocycles. The number of rotatable bonds is 5. The van der Waals surface area contributed by atoms with Crippen LogP contribution in [0.1, 0.15) is 13.8 Å². The number of nitrogens with one attached hydrogen (secondary N) is 1. The Balaban J connectivity index is 2.32. The molecule has 78 valence electrons. The van der Waals surface area contributed by atoms with Crippen LogP contribution < -0.4 is 5.32 Å². The van der Waals surface area contributed by atoms with E-state index < -0.39 is 9.28 Å². The van der Waals surface area contributed by atoms with Crippen LogP contribution in [0.2, 0.25) is 0 Å². The normalized spacial score (nSPS) is 23.8. The number of morpholine rings is 1. The first kappa shape index (κ1) is 11.1. The number of hydrogen-bond donors (Lipinski definition) is 1. The lowest BCUT2D eigenvalue weighted by Crippen LogP contribution is -2.50. The summed E-state index contributed by atoms with van der Waals surface area (Å²) in [6, 6.07) is 0. The van der Waals surface area contributed by atoms with Gasteiger partial charge in [-0.1, -0.05) is 0 Å². The van der Waals surface area contributed by atoms with Gasteiger partial charge in [-0.05, 0) is 13.8 Å². The van der Waals surface area contributed by atoms with E-state index >= 15 is 0 Å². The van der Waals surface area contributed by atoms with E-state index in [1.807, 2.05) is 13.8 Å². The van der Waals surface area contributed by atoms with Gasteiger partial charge in [0.15, 0.2) is 0 Å². The van der Waals surface area contributed by atoms with Crippen molar-refractivity contribution in [3.63, 3.8) is 0 Å². The van der Waals surface area contributed by atoms with Crippen molar-refractivity contribution in [3.8, 4) is 0 Å². The van der Waals surface area contributed by atoms with Gasteiger partial charge in [0.1, 0.15) is 5.73 Å². The molecule has 1 atom stereocenters. The third kappa shape index (κ3) is 3.74. The van der Waals surface area contributed by atoms with Gasteiger partial charge in [0.05, 0.1) is 6.61 Å². The molecule has 1 fully saturated rings. The van der Waals surface area contributed by atoms with Crippen LogP contribution in [0.15, 0.2) is 0 Å². The van der Waals surface area contributed by atoms with Gasteiger partial charge in [-0.25, -0.2) is 0 Å². The summed E-state index contributed by atoms with van der Waals surface area (Å²) in [4.78, 5) is 0. The summed E-state index contributed by atoms with van der Waals surface area (Å²) in [5.74, 6) is 0. The molecule has 13 heavy (non-hydrogen) atoms. The molecule has 1 saturated heterocycles. The molecule has 1 N–H and O–H groups in total. The fourth-order valence-corrected chi connectivity index (χ4v) is 3.19. The molecule has 1 rings (SSSR count). The van der Waals surface area contributed by atoms with Crippen LogP contribution in [0.5, 0.6) is 0 Å². The average molecular weight is 205 g/mol. The molecule has 4 nitrogen and oxygen atoms in total. The molecule has 0 radical (unpaired) electrons. The summed E-state index contributed by atoms with van der Waals surface area (Å²) in [6.07, 6.45) is 0. The van der Waals surface area contributed by atoms with E-state index in [0.29, 0.717) is 0 Å². The first-order valence-electron chi connectivity index (χ1n) is 4.94. The fourth-order valence-electron chi connectivity index (χ4n) is 1.35. The molecule has 0 aliphatic carbocycles. The standard InChI is InChI=1S/C8H19NO3Si/c1-3-11-13(12-4-2)8-7-9-5-6-10-8/h8-9,13H,3-7H2,1-2H3. The lowest BCUT2D eigenvalue weighted by Gasteiger charge is -2.28. The number of hydrogen-bond acceptors (Lipinski definition) is 4. The fraction of sp³-hybridized carbons (Fsp3) is 1.00. The van der Waals surface area contributed by atoms with Gasteiger partial charge in [0, 0.05) is 26.3 Å². The van der Waals surface area contributed by atoms with E-state index in [1.165, 1.54) is 0 Å². The van der Waals surface area contributed by atoms with Gasteiger partial charge in [-0.15, -0.1) is 0 Å². The Kier molecular flexibility index (Phi) is 5.57. The highest BCUT2D eigenvalue weighted by Crippen LogP contribution is 2.04. The summed E-state index contributed by atoms with van der Waals surface area (Å²) in [7, 11) is -1.60. The SMILES string of the molecule is CCO[SiH](OCC)C1CNCCO1. The second kappa shape index (κ2) is 6.50. The van der Waals surface area contributed by atoms with Crippen molar-refractivity contribution in [1.29, 1.82) is 0 Å². The average Bonchev–Trinajstić information content (AvgIpc) is 2.19. The Bertz CT molecular complexity index is 125. The van der Waals surface area contributed by atoms with Gasteiger partial charge in [0.2, 0.25) is 0 Å². The summed E-state index contributed by atoms with van der Waals surface area (Å²) in [6.45, 7) is 8.01. The molecule has 1 heterocycles. The second-order valence-corrected chi connectivity index (χ2v) is 5.04. The zero-order valence-electron chi connectivity index (χ0n) is 8.41. The third-order valence-electron chi connectivity index (χ3n) is 1.92. The quantitative estimate of drug-likeness (QED) is 0.631. The predicted molar refractivity (Wildman–Crippen MR) is 53.0 cm³/mol. The van der Waals surface area contributed by atoms with Crippen molar-refractivity contribution in [2.75, 3.05) is 32.9 Å². The van der Waals surface area contributed by atoms with Crippen LogP contribution in [-0.4, -0.2) is 47.9 Å². The summed E-state index contributed by atoms with van der Waals surface area (Å²) in [5.41, 5.74) is 0.175. The molecular weight excluding hydrogens is 186 g/mol. The van der Waals surface area contributed by atoms with E-state index in [-0.39, 0.29) is 5.73 Å². The molecule has 0 aromatic carbocycles. The molecule has 0 spiro atoms. The summed E-state index contributed by atoms with van der Waals surface area (Å²) >= 11 is 0. The first-order valence-corrected chi connectivity index (χ1v) is 6.55. The van der Waals surface area contributed by atoms with Crippen molar-refractivity contribution < 1.29 is 13.6 Å². The monoisotopic (exact) mass is 205 g/mol. The minimum atomic E-state index is -1.60. The van der Waals surface area contributed by atoms with Crippen molar-refractivity contribution in [2.24, 2.45) is 0 Å². The second-order valence-electron chi connectivity index (χ2n) is 2.89. The first-order chi connectivity index (χ1) is 6.38. The molecule has 1 aliphatic heterocycles. The minimum Gasteiger partial charge on any atom is -0.395 e. The topological polar surface area (TPSA) is 39.7 Å². The molecule has 0 aromatic rings. The highest BCUT2D eigenvalue weighted by Gasteiger charge is 2.28. The Morgan fingerprint density at radius 1 is 1.38 bits per heavy atom. The van der Waals surface area contributed by atoms with Gasteiger partial charge in [-0.2, -0.15) is 0 Å². The van der Waals surface area contributed by atoms with Crippen LogP contribution in [0.4, 0.5) is 0 Å². The van der Waals surface area contributed by atoms with Gasteiger partial charge >= 0.3 is 9.28 Å². The van der Waals surface area contributed by atoms with Crippen LogP contribution in [0.3, 0.4) is 0 Å². The van der Waals surface area contributed by atoms with Gasteiger partial charge in [-0.3, -0.25) is 0 Å². The van der Waals surface area contributed by atoms with Crippen LogP contribution in [0, 0.1) is 0 Å². The van der Waals surface area contributed by atoms with E-state index in [0.717, 1.165) is 32.9 Å². The van der Waals surface area contributed by atoms with Crippen LogP contribution in [0.25, 0.3) is 0 Å². The van der Waals surface area contributed by atoms with E-state index in [1.54, 1.807) is 0 Å². The van der Waals surface area contributed by atoms with Gasteiger partial charge in [0.25, 0.3) is 0 Å². The van der Waals surface area contributed by atoms with E-state index in [2.05, 4.69) is 5.32 Å². The molecule has 0 bridgehead atoms. The highest BCUT2D eigenvalue weighted by atomic mass is 28.3. The molecule has 0 amide bonds. The maximum Gasteiger partial charge on any atom is 0.352 e. The smallest absolute Gasteiger partial charge is 0.352 e. The lowest BCUT2D eigenvalue weighted by atomic mass is 10.5. The minimum absolute atomic E-state index is 0.175. The molecule has 0 aromatic heterocycles. The number of ether oxygens (including phenoxy) is 1. The Hall–Kier alpha value is 0.0569. The van der Waals surface area contributed by atoms with E-state index in [4.69, 9.17) is 13.6 Å². The zero-order valence-corrected chi connectivity index (χ0v) is 9.57. The summed E-state index contributed by atoms with van der Waals surface area (Å²) in [5, 5.41) is 3.28. The largest absolute Gasteiger partial charge is 0.395 e. The van der Waals surface area contributed by atoms with Crippen molar-refractivity contribution >= 4 is 9.28 Å². The van der Waals surface area contributed by atoms with Crippen LogP contribution >= 0.6 is 0 Å². The Morgan fingerprint density at radius 2 is 2.08 bits per heavy atom. The predicted octanol–water partition coefficient (Wildman–Crippen LogP) is -0.193. The molecule has 1 unspecified atom stereocenters. The highest BCUT2D eigenvalue weighted by molar-refractivity contribution is 6.46. The molecular formula is C8H19NO3Si. The van der Waals surface area contributed by atoms with Gasteiger partial charge < -0.3 is 18.9 Å². The van der Waals surface area contributed by atoms with Crippen molar-refractivity contribution in [2.45, 2.75) is 19.6 Å². The maximum absolute atomic E-state index is 5.59. The van der Waals surface area contributed by atoms with Crippen molar-refractivity contribution in [1.82, 2.24) is 5.32 Å².